The molecule has 0 fully saturated rings. The van der Waals surface area contributed by atoms with Gasteiger partial charge in [-0.2, -0.15) is 0 Å². The van der Waals surface area contributed by atoms with Gasteiger partial charge in [0, 0.05) is 17.0 Å². The zero-order valence-corrected chi connectivity index (χ0v) is 9.71. The van der Waals surface area contributed by atoms with E-state index in [-0.39, 0.29) is 11.4 Å². The van der Waals surface area contributed by atoms with E-state index in [0.717, 1.165) is 4.90 Å². The van der Waals surface area contributed by atoms with Crippen LogP contribution in [0.3, 0.4) is 0 Å². The summed E-state index contributed by atoms with van der Waals surface area (Å²) >= 11 is 1.48. The van der Waals surface area contributed by atoms with E-state index in [0.29, 0.717) is 12.1 Å². The molecule has 1 atom stereocenters. The molecule has 0 saturated heterocycles. The molecule has 1 rings (SSSR count). The third kappa shape index (κ3) is 4.25. The van der Waals surface area contributed by atoms with Crippen molar-refractivity contribution >= 4 is 23.4 Å². The Balaban J connectivity index is 2.51. The van der Waals surface area contributed by atoms with Gasteiger partial charge in [-0.15, -0.1) is 0 Å². The zero-order chi connectivity index (χ0) is 11.3. The van der Waals surface area contributed by atoms with Crippen LogP contribution in [-0.4, -0.2) is 11.4 Å². The minimum atomic E-state index is -0.182. The average molecular weight is 225 g/mol. The fraction of sp³-hybridized carbons (Fsp3) is 0.364. The molecule has 0 amide bonds. The quantitative estimate of drug-likeness (QED) is 0.370. The molecule has 3 nitrogen and oxygen atoms in total. The minimum absolute atomic E-state index is 0.181. The number of hydrogen-bond donors (Lipinski definition) is 1. The van der Waals surface area contributed by atoms with E-state index < -0.39 is 0 Å². The number of rotatable bonds is 4. The molecule has 0 aliphatic heterocycles. The van der Waals surface area contributed by atoms with Crippen LogP contribution in [0.2, 0.25) is 0 Å². The Morgan fingerprint density at radius 3 is 2.93 bits per heavy atom. The standard InChI is InChI=1S/C11H15NO2S/c1-3-11(13)14-8(2)15-10-6-4-5-9(12)7-10/h4-8H,3,12H2,1-2H3. The first kappa shape index (κ1) is 11.9. The second kappa shape index (κ2) is 5.66. The van der Waals surface area contributed by atoms with Crippen molar-refractivity contribution in [3.63, 3.8) is 0 Å². The molecule has 0 aromatic heterocycles. The first-order valence-corrected chi connectivity index (χ1v) is 5.71. The molecule has 1 aromatic rings. The predicted octanol–water partition coefficient (Wildman–Crippen LogP) is 2.66. The third-order valence-corrected chi connectivity index (χ3v) is 2.70. The number of benzene rings is 1. The van der Waals surface area contributed by atoms with Crippen LogP contribution in [-0.2, 0) is 9.53 Å². The molecule has 0 aliphatic carbocycles. The van der Waals surface area contributed by atoms with E-state index in [1.54, 1.807) is 6.92 Å². The lowest BCUT2D eigenvalue weighted by atomic mass is 10.3. The maximum Gasteiger partial charge on any atom is 0.306 e. The van der Waals surface area contributed by atoms with Gasteiger partial charge in [0.1, 0.15) is 5.44 Å². The predicted molar refractivity (Wildman–Crippen MR) is 62.6 cm³/mol. The number of ether oxygens (including phenoxy) is 1. The van der Waals surface area contributed by atoms with Crippen molar-refractivity contribution in [2.45, 2.75) is 30.6 Å². The molecular formula is C11H15NO2S. The van der Waals surface area contributed by atoms with Crippen LogP contribution in [0.1, 0.15) is 20.3 Å². The van der Waals surface area contributed by atoms with Crippen molar-refractivity contribution in [3.05, 3.63) is 24.3 Å². The van der Waals surface area contributed by atoms with Gasteiger partial charge in [0.25, 0.3) is 0 Å². The van der Waals surface area contributed by atoms with Gasteiger partial charge in [-0.3, -0.25) is 4.79 Å². The van der Waals surface area contributed by atoms with Gasteiger partial charge >= 0.3 is 5.97 Å². The fourth-order valence-electron chi connectivity index (χ4n) is 1.07. The highest BCUT2D eigenvalue weighted by Gasteiger charge is 2.08. The maximum absolute atomic E-state index is 11.0. The first-order valence-electron chi connectivity index (χ1n) is 4.83. The lowest BCUT2D eigenvalue weighted by molar-refractivity contribution is -0.144. The number of thioether (sulfide) groups is 1. The van der Waals surface area contributed by atoms with Crippen molar-refractivity contribution in [3.8, 4) is 0 Å². The summed E-state index contributed by atoms with van der Waals surface area (Å²) in [5.41, 5.74) is 6.18. The molecular weight excluding hydrogens is 210 g/mol. The molecule has 1 unspecified atom stereocenters. The SMILES string of the molecule is CCC(=O)OC(C)Sc1cccc(N)c1. The van der Waals surface area contributed by atoms with Crippen molar-refractivity contribution < 1.29 is 9.53 Å². The highest BCUT2D eigenvalue weighted by Crippen LogP contribution is 2.25. The molecule has 4 heteroatoms. The number of esters is 1. The van der Waals surface area contributed by atoms with Crippen molar-refractivity contribution in [1.29, 1.82) is 0 Å². The van der Waals surface area contributed by atoms with Gasteiger partial charge in [0.05, 0.1) is 0 Å². The normalized spacial score (nSPS) is 12.1. The van der Waals surface area contributed by atoms with Crippen LogP contribution in [0.25, 0.3) is 0 Å². The summed E-state index contributed by atoms with van der Waals surface area (Å²) in [7, 11) is 0. The van der Waals surface area contributed by atoms with E-state index in [1.807, 2.05) is 31.2 Å². The topological polar surface area (TPSA) is 52.3 Å². The summed E-state index contributed by atoms with van der Waals surface area (Å²) in [4.78, 5) is 12.0. The Kier molecular flexibility index (Phi) is 4.49. The number of anilines is 1. The average Bonchev–Trinajstić information content (AvgIpc) is 2.17. The number of hydrogen-bond acceptors (Lipinski definition) is 4. The van der Waals surface area contributed by atoms with Crippen LogP contribution < -0.4 is 5.73 Å². The van der Waals surface area contributed by atoms with Crippen LogP contribution in [0.4, 0.5) is 5.69 Å². The monoisotopic (exact) mass is 225 g/mol. The molecule has 2 N–H and O–H groups in total. The van der Waals surface area contributed by atoms with E-state index >= 15 is 0 Å². The summed E-state index contributed by atoms with van der Waals surface area (Å²) in [5.74, 6) is -0.182. The van der Waals surface area contributed by atoms with Gasteiger partial charge in [0.2, 0.25) is 0 Å². The molecule has 1 aromatic carbocycles. The van der Waals surface area contributed by atoms with Crippen LogP contribution in [0.15, 0.2) is 29.2 Å². The zero-order valence-electron chi connectivity index (χ0n) is 8.90. The Morgan fingerprint density at radius 2 is 2.33 bits per heavy atom. The first-order chi connectivity index (χ1) is 7.11. The minimum Gasteiger partial charge on any atom is -0.451 e. The number of nitrogens with two attached hydrogens (primary N) is 1. The highest BCUT2D eigenvalue weighted by atomic mass is 32.2. The van der Waals surface area contributed by atoms with Gasteiger partial charge in [-0.1, -0.05) is 24.8 Å². The largest absolute Gasteiger partial charge is 0.451 e. The summed E-state index contributed by atoms with van der Waals surface area (Å²) in [6.45, 7) is 3.63. The molecule has 82 valence electrons. The molecule has 0 aliphatic rings. The molecule has 0 spiro atoms. The molecule has 0 radical (unpaired) electrons. The molecule has 0 bridgehead atoms. The highest BCUT2D eigenvalue weighted by molar-refractivity contribution is 7.99. The van der Waals surface area contributed by atoms with Gasteiger partial charge < -0.3 is 10.5 Å². The molecule has 15 heavy (non-hydrogen) atoms. The van der Waals surface area contributed by atoms with Gasteiger partial charge in [0.15, 0.2) is 0 Å². The van der Waals surface area contributed by atoms with Crippen molar-refractivity contribution in [1.82, 2.24) is 0 Å². The Bertz CT molecular complexity index is 341. The summed E-state index contributed by atoms with van der Waals surface area (Å²) < 4.78 is 5.13. The van der Waals surface area contributed by atoms with Crippen LogP contribution >= 0.6 is 11.8 Å². The fourth-order valence-corrected chi connectivity index (χ4v) is 1.97. The lowest BCUT2D eigenvalue weighted by Gasteiger charge is -2.12. The summed E-state index contributed by atoms with van der Waals surface area (Å²) in [6, 6.07) is 7.51. The van der Waals surface area contributed by atoms with Crippen LogP contribution in [0.5, 0.6) is 0 Å². The smallest absolute Gasteiger partial charge is 0.306 e. The van der Waals surface area contributed by atoms with E-state index in [9.17, 15) is 4.79 Å². The van der Waals surface area contributed by atoms with Crippen molar-refractivity contribution in [2.75, 3.05) is 5.73 Å². The van der Waals surface area contributed by atoms with Gasteiger partial charge in [-0.05, 0) is 25.1 Å². The molecule has 0 saturated carbocycles. The second-order valence-electron chi connectivity index (χ2n) is 3.10. The Hall–Kier alpha value is -1.16. The summed E-state index contributed by atoms with van der Waals surface area (Å²) in [5, 5.41) is 0. The van der Waals surface area contributed by atoms with Crippen molar-refractivity contribution in [2.24, 2.45) is 0 Å². The number of nitrogen functional groups attached to an aromatic ring is 1. The molecule has 0 heterocycles. The number of carbonyl (C=O) groups is 1. The Morgan fingerprint density at radius 1 is 1.60 bits per heavy atom. The van der Waals surface area contributed by atoms with Crippen LogP contribution in [0, 0.1) is 0 Å². The van der Waals surface area contributed by atoms with E-state index in [4.69, 9.17) is 10.5 Å². The Labute approximate surface area is 94.0 Å². The van der Waals surface area contributed by atoms with Gasteiger partial charge in [-0.25, -0.2) is 0 Å². The summed E-state index contributed by atoms with van der Waals surface area (Å²) in [6.07, 6.45) is 0.405. The third-order valence-electron chi connectivity index (χ3n) is 1.75. The van der Waals surface area contributed by atoms with E-state index in [2.05, 4.69) is 0 Å². The second-order valence-corrected chi connectivity index (χ2v) is 4.47. The number of carbonyl (C=O) groups excluding carboxylic acids is 1. The van der Waals surface area contributed by atoms with E-state index in [1.165, 1.54) is 11.8 Å². The lowest BCUT2D eigenvalue weighted by Crippen LogP contribution is -2.10. The maximum atomic E-state index is 11.0.